The molecule has 0 aliphatic rings. The van der Waals surface area contributed by atoms with Crippen molar-refractivity contribution in [3.05, 3.63) is 47.0 Å². The van der Waals surface area contributed by atoms with Gasteiger partial charge in [-0.3, -0.25) is 4.79 Å². The van der Waals surface area contributed by atoms with Crippen LogP contribution in [-0.2, 0) is 0 Å². The van der Waals surface area contributed by atoms with E-state index in [-0.39, 0.29) is 5.91 Å². The molecule has 22 heavy (non-hydrogen) atoms. The van der Waals surface area contributed by atoms with Crippen LogP contribution in [0.15, 0.2) is 36.4 Å². The number of hydrogen-bond acceptors (Lipinski definition) is 3. The van der Waals surface area contributed by atoms with E-state index in [2.05, 4.69) is 5.10 Å². The Labute approximate surface area is 134 Å². The third-order valence-corrected chi connectivity index (χ3v) is 4.91. The van der Waals surface area contributed by atoms with Crippen molar-refractivity contribution >= 4 is 27.5 Å². The minimum absolute atomic E-state index is 0.102. The molecule has 0 N–H and O–H groups in total. The van der Waals surface area contributed by atoms with Gasteiger partial charge in [0.15, 0.2) is 0 Å². The zero-order valence-electron chi connectivity index (χ0n) is 13.0. The van der Waals surface area contributed by atoms with Gasteiger partial charge in [-0.2, -0.15) is 5.10 Å². The lowest BCUT2D eigenvalue weighted by molar-refractivity contribution is 0.0778. The first-order chi connectivity index (χ1) is 10.7. The fourth-order valence-electron chi connectivity index (χ4n) is 2.56. The van der Waals surface area contributed by atoms with E-state index < -0.39 is 0 Å². The number of amides is 1. The molecule has 0 aliphatic carbocycles. The lowest BCUT2D eigenvalue weighted by Crippen LogP contribution is -2.29. The van der Waals surface area contributed by atoms with Crippen LogP contribution in [0.25, 0.3) is 15.9 Å². The highest BCUT2D eigenvalue weighted by Gasteiger charge is 2.19. The van der Waals surface area contributed by atoms with Gasteiger partial charge in [0.05, 0.1) is 16.3 Å². The summed E-state index contributed by atoms with van der Waals surface area (Å²) < 4.78 is 1.92. The first kappa shape index (κ1) is 14.8. The van der Waals surface area contributed by atoms with Crippen molar-refractivity contribution in [2.75, 3.05) is 13.1 Å². The van der Waals surface area contributed by atoms with E-state index in [1.807, 2.05) is 66.8 Å². The Bertz CT molecular complexity index is 800. The first-order valence-electron chi connectivity index (χ1n) is 7.49. The Balaban J connectivity index is 2.09. The second-order valence-electron chi connectivity index (χ2n) is 5.14. The van der Waals surface area contributed by atoms with Crippen molar-refractivity contribution < 1.29 is 4.79 Å². The van der Waals surface area contributed by atoms with Gasteiger partial charge in [0.25, 0.3) is 5.91 Å². The van der Waals surface area contributed by atoms with Gasteiger partial charge in [0.1, 0.15) is 4.83 Å². The van der Waals surface area contributed by atoms with Gasteiger partial charge in [-0.05, 0) is 39.0 Å². The maximum absolute atomic E-state index is 12.5. The topological polar surface area (TPSA) is 38.1 Å². The monoisotopic (exact) mass is 313 g/mol. The summed E-state index contributed by atoms with van der Waals surface area (Å²) in [5.74, 6) is 0.102. The molecule has 0 aliphatic heterocycles. The average molecular weight is 313 g/mol. The fourth-order valence-corrected chi connectivity index (χ4v) is 3.71. The van der Waals surface area contributed by atoms with Gasteiger partial charge in [0.2, 0.25) is 0 Å². The maximum Gasteiger partial charge on any atom is 0.264 e. The number of hydrogen-bond donors (Lipinski definition) is 0. The number of thiophene rings is 1. The van der Waals surface area contributed by atoms with Crippen molar-refractivity contribution in [2.24, 2.45) is 0 Å². The molecule has 0 saturated heterocycles. The zero-order chi connectivity index (χ0) is 15.7. The minimum atomic E-state index is 0.102. The van der Waals surface area contributed by atoms with E-state index in [1.54, 1.807) is 0 Å². The number of nitrogens with zero attached hydrogens (tertiary/aromatic N) is 3. The molecule has 5 heteroatoms. The quantitative estimate of drug-likeness (QED) is 0.733. The zero-order valence-corrected chi connectivity index (χ0v) is 13.9. The number of carbonyl (C=O) groups excluding carboxylic acids is 1. The highest BCUT2D eigenvalue weighted by molar-refractivity contribution is 7.20. The number of fused-ring (bicyclic) bond motifs is 1. The molecule has 0 unspecified atom stereocenters. The van der Waals surface area contributed by atoms with Gasteiger partial charge in [0, 0.05) is 18.5 Å². The molecule has 3 rings (SSSR count). The Morgan fingerprint density at radius 1 is 1.23 bits per heavy atom. The molecule has 0 fully saturated rings. The number of aryl methyl sites for hydroxylation is 1. The average Bonchev–Trinajstić information content (AvgIpc) is 3.10. The van der Waals surface area contributed by atoms with Crippen molar-refractivity contribution in [3.8, 4) is 5.69 Å². The van der Waals surface area contributed by atoms with Gasteiger partial charge >= 0.3 is 0 Å². The van der Waals surface area contributed by atoms with Crippen molar-refractivity contribution in [3.63, 3.8) is 0 Å². The third kappa shape index (κ3) is 2.41. The van der Waals surface area contributed by atoms with Crippen LogP contribution in [0.3, 0.4) is 0 Å². The van der Waals surface area contributed by atoms with Gasteiger partial charge in [-0.15, -0.1) is 11.3 Å². The third-order valence-electron chi connectivity index (χ3n) is 3.81. The summed E-state index contributed by atoms with van der Waals surface area (Å²) in [6, 6.07) is 12.0. The molecular formula is C17H19N3OS. The maximum atomic E-state index is 12.5. The van der Waals surface area contributed by atoms with E-state index in [4.69, 9.17) is 0 Å². The largest absolute Gasteiger partial charge is 0.339 e. The highest BCUT2D eigenvalue weighted by atomic mass is 32.1. The normalized spacial score (nSPS) is 11.0. The first-order valence-corrected chi connectivity index (χ1v) is 8.31. The van der Waals surface area contributed by atoms with Crippen molar-refractivity contribution in [2.45, 2.75) is 20.8 Å². The van der Waals surface area contributed by atoms with Crippen LogP contribution >= 0.6 is 11.3 Å². The van der Waals surface area contributed by atoms with E-state index in [9.17, 15) is 4.79 Å². The molecule has 0 atom stereocenters. The molecule has 2 aromatic heterocycles. The highest BCUT2D eigenvalue weighted by Crippen LogP contribution is 2.31. The summed E-state index contributed by atoms with van der Waals surface area (Å²) in [4.78, 5) is 16.2. The fraction of sp³-hybridized carbons (Fsp3) is 0.294. The van der Waals surface area contributed by atoms with Crippen LogP contribution in [0, 0.1) is 6.92 Å². The molecule has 0 radical (unpaired) electrons. The van der Waals surface area contributed by atoms with Gasteiger partial charge in [-0.25, -0.2) is 4.68 Å². The number of aromatic nitrogens is 2. The Morgan fingerprint density at radius 3 is 2.55 bits per heavy atom. The van der Waals surface area contributed by atoms with E-state index in [0.29, 0.717) is 0 Å². The summed E-state index contributed by atoms with van der Waals surface area (Å²) in [6.45, 7) is 7.46. The summed E-state index contributed by atoms with van der Waals surface area (Å²) in [5, 5.41) is 5.67. The molecular weight excluding hydrogens is 294 g/mol. The lowest BCUT2D eigenvalue weighted by atomic mass is 10.3. The van der Waals surface area contributed by atoms with Crippen LogP contribution in [-0.4, -0.2) is 33.7 Å². The second kappa shape index (κ2) is 5.93. The Morgan fingerprint density at radius 2 is 1.91 bits per heavy atom. The molecule has 2 heterocycles. The molecule has 1 aromatic carbocycles. The molecule has 114 valence electrons. The molecule has 0 spiro atoms. The second-order valence-corrected chi connectivity index (χ2v) is 6.17. The van der Waals surface area contributed by atoms with Crippen LogP contribution in [0.2, 0.25) is 0 Å². The standard InChI is InChI=1S/C17H19N3OS/c1-4-19(5-2)16(21)15-11-14-12(3)18-20(17(14)22-15)13-9-7-6-8-10-13/h6-11H,4-5H2,1-3H3. The number of rotatable bonds is 4. The number of benzene rings is 1. The van der Waals surface area contributed by atoms with Crippen LogP contribution in [0.4, 0.5) is 0 Å². The van der Waals surface area contributed by atoms with E-state index in [0.717, 1.165) is 39.6 Å². The SMILES string of the molecule is CCN(CC)C(=O)c1cc2c(C)nn(-c3ccccc3)c2s1. The number of carbonyl (C=O) groups is 1. The molecule has 3 aromatic rings. The molecule has 0 saturated carbocycles. The van der Waals surface area contributed by atoms with Gasteiger partial charge in [-0.1, -0.05) is 18.2 Å². The summed E-state index contributed by atoms with van der Waals surface area (Å²) in [7, 11) is 0. The van der Waals surface area contributed by atoms with E-state index >= 15 is 0 Å². The molecule has 1 amide bonds. The summed E-state index contributed by atoms with van der Waals surface area (Å²) >= 11 is 1.52. The predicted octanol–water partition coefficient (Wildman–Crippen LogP) is 3.88. The minimum Gasteiger partial charge on any atom is -0.339 e. The molecule has 0 bridgehead atoms. The van der Waals surface area contributed by atoms with E-state index in [1.165, 1.54) is 11.3 Å². The Hall–Kier alpha value is -2.14. The van der Waals surface area contributed by atoms with Gasteiger partial charge < -0.3 is 4.90 Å². The van der Waals surface area contributed by atoms with Crippen molar-refractivity contribution in [1.29, 1.82) is 0 Å². The Kier molecular flexibility index (Phi) is 3.98. The van der Waals surface area contributed by atoms with Crippen LogP contribution < -0.4 is 0 Å². The summed E-state index contributed by atoms with van der Waals surface area (Å²) in [5.41, 5.74) is 1.97. The smallest absolute Gasteiger partial charge is 0.264 e. The van der Waals surface area contributed by atoms with Crippen LogP contribution in [0.1, 0.15) is 29.2 Å². The molecule has 4 nitrogen and oxygen atoms in total. The lowest BCUT2D eigenvalue weighted by Gasteiger charge is -2.17. The number of para-hydroxylation sites is 1. The van der Waals surface area contributed by atoms with Crippen LogP contribution in [0.5, 0.6) is 0 Å². The summed E-state index contributed by atoms with van der Waals surface area (Å²) in [6.07, 6.45) is 0. The predicted molar refractivity (Wildman–Crippen MR) is 90.9 cm³/mol. The van der Waals surface area contributed by atoms with Crippen molar-refractivity contribution in [1.82, 2.24) is 14.7 Å².